The fraction of sp³-hybridized carbons (Fsp3) is 0.800. The topological polar surface area (TPSA) is 37.3 Å². The number of rotatable bonds is 3. The first-order valence-electron chi connectivity index (χ1n) is 2.60. The standard InChI is InChI=1S/C5H10O2S2/c1-3(2)9-5(8)4(6)7/h3,5,8H,1-2H3,(H,6,7). The molecule has 1 unspecified atom stereocenters. The molecule has 0 aromatic rings. The Kier molecular flexibility index (Phi) is 4.14. The van der Waals surface area contributed by atoms with Crippen LogP contribution in [0.2, 0.25) is 0 Å². The molecule has 0 heterocycles. The number of aliphatic carboxylic acids is 1. The van der Waals surface area contributed by atoms with Gasteiger partial charge in [-0.2, -0.15) is 12.6 Å². The summed E-state index contributed by atoms with van der Waals surface area (Å²) in [5.74, 6) is -0.864. The Morgan fingerprint density at radius 2 is 2.11 bits per heavy atom. The van der Waals surface area contributed by atoms with Crippen molar-refractivity contribution in [3.63, 3.8) is 0 Å². The van der Waals surface area contributed by atoms with Gasteiger partial charge in [0.1, 0.15) is 4.58 Å². The van der Waals surface area contributed by atoms with Gasteiger partial charge in [-0.1, -0.05) is 13.8 Å². The summed E-state index contributed by atoms with van der Waals surface area (Å²) in [5.41, 5.74) is 0. The molecular formula is C5H10O2S2. The third-order valence-electron chi connectivity index (χ3n) is 0.612. The van der Waals surface area contributed by atoms with Crippen molar-refractivity contribution in [1.29, 1.82) is 0 Å². The van der Waals surface area contributed by atoms with Gasteiger partial charge in [-0.05, 0) is 0 Å². The van der Waals surface area contributed by atoms with Crippen molar-refractivity contribution < 1.29 is 9.90 Å². The smallest absolute Gasteiger partial charge is 0.326 e. The molecule has 0 aromatic carbocycles. The summed E-state index contributed by atoms with van der Waals surface area (Å²) in [6, 6.07) is 0. The van der Waals surface area contributed by atoms with Crippen LogP contribution in [0.15, 0.2) is 0 Å². The van der Waals surface area contributed by atoms with E-state index in [9.17, 15) is 4.79 Å². The molecular weight excluding hydrogens is 156 g/mol. The molecule has 2 nitrogen and oxygen atoms in total. The first-order valence-corrected chi connectivity index (χ1v) is 4.06. The summed E-state index contributed by atoms with van der Waals surface area (Å²) < 4.78 is -0.579. The predicted molar refractivity (Wildman–Crippen MR) is 43.1 cm³/mol. The van der Waals surface area contributed by atoms with Crippen LogP contribution >= 0.6 is 24.4 Å². The predicted octanol–water partition coefficient (Wildman–Crippen LogP) is 1.47. The van der Waals surface area contributed by atoms with E-state index in [0.717, 1.165) is 0 Å². The van der Waals surface area contributed by atoms with Crippen molar-refractivity contribution >= 4 is 30.4 Å². The van der Waals surface area contributed by atoms with Gasteiger partial charge < -0.3 is 5.11 Å². The third-order valence-corrected chi connectivity index (χ3v) is 2.20. The molecule has 54 valence electrons. The third kappa shape index (κ3) is 4.66. The van der Waals surface area contributed by atoms with Gasteiger partial charge in [0.15, 0.2) is 0 Å². The Morgan fingerprint density at radius 3 is 2.22 bits per heavy atom. The molecule has 0 aliphatic rings. The van der Waals surface area contributed by atoms with Gasteiger partial charge in [-0.3, -0.25) is 4.79 Å². The van der Waals surface area contributed by atoms with Crippen LogP contribution in [0.4, 0.5) is 0 Å². The zero-order valence-electron chi connectivity index (χ0n) is 5.37. The maximum absolute atomic E-state index is 10.1. The molecule has 0 aliphatic carbocycles. The van der Waals surface area contributed by atoms with E-state index in [-0.39, 0.29) is 0 Å². The molecule has 4 heteroatoms. The molecule has 1 atom stereocenters. The average molecular weight is 166 g/mol. The monoisotopic (exact) mass is 166 g/mol. The molecule has 0 aromatic heterocycles. The lowest BCUT2D eigenvalue weighted by atomic mass is 10.6. The Bertz CT molecular complexity index is 103. The van der Waals surface area contributed by atoms with Crippen LogP contribution < -0.4 is 0 Å². The lowest BCUT2D eigenvalue weighted by Crippen LogP contribution is -2.11. The van der Waals surface area contributed by atoms with Crippen LogP contribution in [0.3, 0.4) is 0 Å². The number of hydrogen-bond donors (Lipinski definition) is 2. The fourth-order valence-electron chi connectivity index (χ4n) is 0.316. The Labute approximate surface area is 64.4 Å². The summed E-state index contributed by atoms with van der Waals surface area (Å²) >= 11 is 5.15. The summed E-state index contributed by atoms with van der Waals surface area (Å²) in [6.07, 6.45) is 0. The molecule has 0 saturated heterocycles. The average Bonchev–Trinajstić information content (AvgIpc) is 1.63. The van der Waals surface area contributed by atoms with Gasteiger partial charge >= 0.3 is 5.97 Å². The van der Waals surface area contributed by atoms with E-state index < -0.39 is 10.6 Å². The molecule has 0 saturated carbocycles. The fourth-order valence-corrected chi connectivity index (χ4v) is 1.68. The molecule has 9 heavy (non-hydrogen) atoms. The number of thioether (sulfide) groups is 1. The van der Waals surface area contributed by atoms with Crippen LogP contribution in [-0.2, 0) is 4.79 Å². The summed E-state index contributed by atoms with van der Waals surface area (Å²) in [5, 5.41) is 8.66. The summed E-state index contributed by atoms with van der Waals surface area (Å²) in [6.45, 7) is 3.88. The second-order valence-corrected chi connectivity index (χ2v) is 4.43. The maximum Gasteiger partial charge on any atom is 0.326 e. The van der Waals surface area contributed by atoms with E-state index in [1.807, 2.05) is 13.8 Å². The minimum atomic E-state index is -0.864. The highest BCUT2D eigenvalue weighted by atomic mass is 32.2. The summed E-state index contributed by atoms with van der Waals surface area (Å²) in [7, 11) is 0. The molecule has 0 amide bonds. The SMILES string of the molecule is CC(C)SC(S)C(=O)O. The van der Waals surface area contributed by atoms with E-state index in [2.05, 4.69) is 12.6 Å². The minimum absolute atomic E-state index is 0.323. The molecule has 0 spiro atoms. The van der Waals surface area contributed by atoms with Crippen LogP contribution in [0.25, 0.3) is 0 Å². The molecule has 1 N–H and O–H groups in total. The number of carboxylic acid groups (broad SMARTS) is 1. The van der Waals surface area contributed by atoms with Gasteiger partial charge in [0.25, 0.3) is 0 Å². The maximum atomic E-state index is 10.1. The number of carbonyl (C=O) groups is 1. The molecule has 0 bridgehead atoms. The van der Waals surface area contributed by atoms with Crippen molar-refractivity contribution in [2.24, 2.45) is 0 Å². The van der Waals surface area contributed by atoms with Crippen molar-refractivity contribution in [3.8, 4) is 0 Å². The normalized spacial score (nSPS) is 13.8. The lowest BCUT2D eigenvalue weighted by molar-refractivity contribution is -0.134. The van der Waals surface area contributed by atoms with Crippen LogP contribution in [0.5, 0.6) is 0 Å². The molecule has 0 aliphatic heterocycles. The highest BCUT2D eigenvalue weighted by Gasteiger charge is 2.13. The van der Waals surface area contributed by atoms with Gasteiger partial charge in [0, 0.05) is 5.25 Å². The van der Waals surface area contributed by atoms with E-state index >= 15 is 0 Å². The van der Waals surface area contributed by atoms with Crippen LogP contribution in [0, 0.1) is 0 Å². The molecule has 0 fully saturated rings. The Morgan fingerprint density at radius 1 is 1.67 bits per heavy atom. The first kappa shape index (κ1) is 9.17. The molecule has 0 rings (SSSR count). The quantitative estimate of drug-likeness (QED) is 0.492. The van der Waals surface area contributed by atoms with Crippen LogP contribution in [0.1, 0.15) is 13.8 Å². The van der Waals surface area contributed by atoms with Crippen molar-refractivity contribution in [1.82, 2.24) is 0 Å². The Hall–Kier alpha value is 0.170. The second kappa shape index (κ2) is 4.06. The van der Waals surface area contributed by atoms with Crippen molar-refractivity contribution in [3.05, 3.63) is 0 Å². The van der Waals surface area contributed by atoms with E-state index in [0.29, 0.717) is 5.25 Å². The van der Waals surface area contributed by atoms with Gasteiger partial charge in [0.2, 0.25) is 0 Å². The zero-order valence-corrected chi connectivity index (χ0v) is 7.08. The number of carboxylic acids is 1. The minimum Gasteiger partial charge on any atom is -0.480 e. The highest BCUT2D eigenvalue weighted by molar-refractivity contribution is 8.11. The van der Waals surface area contributed by atoms with Crippen molar-refractivity contribution in [2.45, 2.75) is 23.7 Å². The van der Waals surface area contributed by atoms with Gasteiger partial charge in [0.05, 0.1) is 0 Å². The van der Waals surface area contributed by atoms with Gasteiger partial charge in [-0.15, -0.1) is 11.8 Å². The number of hydrogen-bond acceptors (Lipinski definition) is 3. The largest absolute Gasteiger partial charge is 0.480 e. The summed E-state index contributed by atoms with van der Waals surface area (Å²) in [4.78, 5) is 10.1. The Balaban J connectivity index is 3.50. The van der Waals surface area contributed by atoms with Crippen molar-refractivity contribution in [2.75, 3.05) is 0 Å². The van der Waals surface area contributed by atoms with E-state index in [4.69, 9.17) is 5.11 Å². The zero-order chi connectivity index (χ0) is 7.44. The van der Waals surface area contributed by atoms with E-state index in [1.54, 1.807) is 0 Å². The highest BCUT2D eigenvalue weighted by Crippen LogP contribution is 2.19. The number of thiol groups is 1. The lowest BCUT2D eigenvalue weighted by Gasteiger charge is -2.06. The van der Waals surface area contributed by atoms with Crippen LogP contribution in [-0.4, -0.2) is 20.9 Å². The van der Waals surface area contributed by atoms with E-state index in [1.165, 1.54) is 11.8 Å². The first-order chi connectivity index (χ1) is 4.04. The van der Waals surface area contributed by atoms with Gasteiger partial charge in [-0.25, -0.2) is 0 Å². The second-order valence-electron chi connectivity index (χ2n) is 1.88. The molecule has 0 radical (unpaired) electrons.